The number of aryl methyl sites for hydroxylation is 2. The zero-order valence-electron chi connectivity index (χ0n) is 10.7. The quantitative estimate of drug-likeness (QED) is 0.877. The summed E-state index contributed by atoms with van der Waals surface area (Å²) in [5.41, 5.74) is 1.33. The monoisotopic (exact) mass is 257 g/mol. The van der Waals surface area contributed by atoms with E-state index in [2.05, 4.69) is 10.00 Å². The van der Waals surface area contributed by atoms with E-state index in [-0.39, 0.29) is 0 Å². The van der Waals surface area contributed by atoms with Crippen molar-refractivity contribution in [3.63, 3.8) is 0 Å². The minimum Gasteiger partial charge on any atom is -0.389 e. The molecule has 2 rings (SSSR count). The van der Waals surface area contributed by atoms with Gasteiger partial charge in [0.2, 0.25) is 0 Å². The van der Waals surface area contributed by atoms with E-state index in [9.17, 15) is 5.11 Å². The van der Waals surface area contributed by atoms with Gasteiger partial charge in [-0.1, -0.05) is 11.6 Å². The topological polar surface area (TPSA) is 41.3 Å². The Balaban J connectivity index is 2.10. The van der Waals surface area contributed by atoms with Gasteiger partial charge >= 0.3 is 0 Å². The lowest BCUT2D eigenvalue weighted by molar-refractivity contribution is -0.0187. The van der Waals surface area contributed by atoms with Crippen LogP contribution in [0.4, 0.5) is 0 Å². The highest BCUT2D eigenvalue weighted by molar-refractivity contribution is 6.31. The van der Waals surface area contributed by atoms with Crippen molar-refractivity contribution in [2.75, 3.05) is 13.1 Å². The van der Waals surface area contributed by atoms with Crippen molar-refractivity contribution in [3.05, 3.63) is 16.4 Å². The molecule has 0 spiro atoms. The molecular formula is C12H20ClN3O. The molecule has 1 aliphatic heterocycles. The maximum absolute atomic E-state index is 10.1. The molecule has 17 heavy (non-hydrogen) atoms. The van der Waals surface area contributed by atoms with E-state index >= 15 is 0 Å². The molecule has 1 N–H and O–H groups in total. The normalized spacial score (nSPS) is 26.4. The Morgan fingerprint density at radius 3 is 2.76 bits per heavy atom. The van der Waals surface area contributed by atoms with Crippen molar-refractivity contribution in [1.82, 2.24) is 14.7 Å². The lowest BCUT2D eigenvalue weighted by atomic mass is 9.95. The Morgan fingerprint density at radius 2 is 2.24 bits per heavy atom. The third-order valence-electron chi connectivity index (χ3n) is 3.39. The molecule has 0 radical (unpaired) electrons. The summed E-state index contributed by atoms with van der Waals surface area (Å²) in [6.45, 7) is 6.28. The average molecular weight is 258 g/mol. The predicted molar refractivity (Wildman–Crippen MR) is 68.1 cm³/mol. The van der Waals surface area contributed by atoms with Crippen molar-refractivity contribution < 1.29 is 5.11 Å². The summed E-state index contributed by atoms with van der Waals surface area (Å²) in [6, 6.07) is 0. The molecule has 1 aromatic rings. The maximum atomic E-state index is 10.1. The SMILES string of the molecule is Cc1nn(C)c(CN2CCCC(C)(O)C2)c1Cl. The molecule has 1 atom stereocenters. The molecule has 0 aliphatic carbocycles. The number of halogens is 1. The smallest absolute Gasteiger partial charge is 0.0860 e. The van der Waals surface area contributed by atoms with Crippen LogP contribution in [-0.4, -0.2) is 38.5 Å². The van der Waals surface area contributed by atoms with Crippen molar-refractivity contribution in [2.24, 2.45) is 7.05 Å². The molecule has 0 bridgehead atoms. The minimum absolute atomic E-state index is 0.571. The van der Waals surface area contributed by atoms with Gasteiger partial charge in [-0.3, -0.25) is 9.58 Å². The van der Waals surface area contributed by atoms with Crippen LogP contribution in [0.15, 0.2) is 0 Å². The van der Waals surface area contributed by atoms with Gasteiger partial charge < -0.3 is 5.11 Å². The van der Waals surface area contributed by atoms with Gasteiger partial charge in [-0.2, -0.15) is 5.10 Å². The number of rotatable bonds is 2. The Labute approximate surface area is 107 Å². The van der Waals surface area contributed by atoms with E-state index in [1.54, 1.807) is 0 Å². The second-order valence-electron chi connectivity index (χ2n) is 5.28. The van der Waals surface area contributed by atoms with E-state index in [0.29, 0.717) is 6.54 Å². The molecule has 1 unspecified atom stereocenters. The van der Waals surface area contributed by atoms with Gasteiger partial charge in [0.1, 0.15) is 0 Å². The van der Waals surface area contributed by atoms with Gasteiger partial charge in [0, 0.05) is 20.1 Å². The zero-order chi connectivity index (χ0) is 12.6. The fraction of sp³-hybridized carbons (Fsp3) is 0.750. The fourth-order valence-electron chi connectivity index (χ4n) is 2.52. The highest BCUT2D eigenvalue weighted by Crippen LogP contribution is 2.25. The van der Waals surface area contributed by atoms with E-state index in [4.69, 9.17) is 11.6 Å². The van der Waals surface area contributed by atoms with E-state index in [1.807, 2.05) is 25.6 Å². The maximum Gasteiger partial charge on any atom is 0.0860 e. The third kappa shape index (κ3) is 2.81. The first-order valence-electron chi connectivity index (χ1n) is 6.02. The first-order chi connectivity index (χ1) is 7.89. The number of aliphatic hydroxyl groups is 1. The van der Waals surface area contributed by atoms with Crippen molar-refractivity contribution in [1.29, 1.82) is 0 Å². The third-order valence-corrected chi connectivity index (χ3v) is 3.88. The molecule has 0 amide bonds. The highest BCUT2D eigenvalue weighted by Gasteiger charge is 2.29. The van der Waals surface area contributed by atoms with Crippen LogP contribution >= 0.6 is 11.6 Å². The van der Waals surface area contributed by atoms with Gasteiger partial charge in [-0.15, -0.1) is 0 Å². The first-order valence-corrected chi connectivity index (χ1v) is 6.39. The number of hydrogen-bond acceptors (Lipinski definition) is 3. The van der Waals surface area contributed by atoms with Crippen LogP contribution in [0.5, 0.6) is 0 Å². The molecule has 2 heterocycles. The summed E-state index contributed by atoms with van der Waals surface area (Å²) in [6.07, 6.45) is 1.91. The van der Waals surface area contributed by atoms with Crippen LogP contribution in [0.1, 0.15) is 31.2 Å². The van der Waals surface area contributed by atoms with Crippen LogP contribution in [-0.2, 0) is 13.6 Å². The molecule has 1 saturated heterocycles. The van der Waals surface area contributed by atoms with Crippen LogP contribution in [0.25, 0.3) is 0 Å². The second-order valence-corrected chi connectivity index (χ2v) is 5.66. The average Bonchev–Trinajstić information content (AvgIpc) is 2.44. The summed E-state index contributed by atoms with van der Waals surface area (Å²) < 4.78 is 1.83. The molecule has 1 aromatic heterocycles. The number of nitrogens with zero attached hydrogens (tertiary/aromatic N) is 3. The van der Waals surface area contributed by atoms with E-state index < -0.39 is 5.60 Å². The van der Waals surface area contributed by atoms with Gasteiger partial charge in [0.05, 0.1) is 22.0 Å². The highest BCUT2D eigenvalue weighted by atomic mass is 35.5. The summed E-state index contributed by atoms with van der Waals surface area (Å²) in [4.78, 5) is 2.24. The number of piperidine rings is 1. The lowest BCUT2D eigenvalue weighted by Crippen LogP contribution is -2.45. The summed E-state index contributed by atoms with van der Waals surface area (Å²) in [5, 5.41) is 15.1. The van der Waals surface area contributed by atoms with Crippen molar-refractivity contribution in [3.8, 4) is 0 Å². The zero-order valence-corrected chi connectivity index (χ0v) is 11.5. The molecule has 1 fully saturated rings. The van der Waals surface area contributed by atoms with Crippen LogP contribution in [0, 0.1) is 6.92 Å². The van der Waals surface area contributed by atoms with Gasteiger partial charge in [-0.25, -0.2) is 0 Å². The number of β-amino-alcohol motifs (C(OH)–C–C–N with tert-alkyl or cyclic N) is 1. The Hall–Kier alpha value is -0.580. The summed E-state index contributed by atoms with van der Waals surface area (Å²) in [5.74, 6) is 0. The van der Waals surface area contributed by atoms with E-state index in [1.165, 1.54) is 0 Å². The first kappa shape index (κ1) is 12.9. The molecular weight excluding hydrogens is 238 g/mol. The minimum atomic E-state index is -0.571. The number of hydrogen-bond donors (Lipinski definition) is 1. The van der Waals surface area contributed by atoms with Crippen LogP contribution in [0.3, 0.4) is 0 Å². The summed E-state index contributed by atoms with van der Waals surface area (Å²) >= 11 is 6.23. The molecule has 0 aromatic carbocycles. The molecule has 5 heteroatoms. The van der Waals surface area contributed by atoms with Crippen LogP contribution in [0.2, 0.25) is 5.02 Å². The predicted octanol–water partition coefficient (Wildman–Crippen LogP) is 1.73. The largest absolute Gasteiger partial charge is 0.389 e. The lowest BCUT2D eigenvalue weighted by Gasteiger charge is -2.36. The standard InChI is InChI=1S/C12H20ClN3O/c1-9-11(13)10(15(3)14-9)7-16-6-4-5-12(2,17)8-16/h17H,4-8H2,1-3H3. The molecule has 4 nitrogen and oxygen atoms in total. The van der Waals surface area contributed by atoms with Crippen molar-refractivity contribution >= 4 is 11.6 Å². The van der Waals surface area contributed by atoms with Gasteiger partial charge in [-0.05, 0) is 33.2 Å². The van der Waals surface area contributed by atoms with Crippen molar-refractivity contribution in [2.45, 2.75) is 38.8 Å². The number of aromatic nitrogens is 2. The summed E-state index contributed by atoms with van der Waals surface area (Å²) in [7, 11) is 1.91. The van der Waals surface area contributed by atoms with Gasteiger partial charge in [0.15, 0.2) is 0 Å². The van der Waals surface area contributed by atoms with Crippen LogP contribution < -0.4 is 0 Å². The second kappa shape index (κ2) is 4.59. The molecule has 1 aliphatic rings. The molecule has 0 saturated carbocycles. The number of likely N-dealkylation sites (tertiary alicyclic amines) is 1. The Kier molecular flexibility index (Phi) is 3.48. The van der Waals surface area contributed by atoms with E-state index in [0.717, 1.165) is 42.3 Å². The fourth-order valence-corrected chi connectivity index (χ4v) is 2.74. The molecule has 96 valence electrons. The Bertz CT molecular complexity index is 414. The Morgan fingerprint density at radius 1 is 1.53 bits per heavy atom. The van der Waals surface area contributed by atoms with Gasteiger partial charge in [0.25, 0.3) is 0 Å².